The number of nitrogens with one attached hydrogen (secondary N) is 1. The van der Waals surface area contributed by atoms with E-state index in [-0.39, 0.29) is 18.1 Å². The van der Waals surface area contributed by atoms with Crippen molar-refractivity contribution >= 4 is 5.97 Å². The number of likely N-dealkylation sites (N-methyl/N-ethyl adjacent to an activating group) is 1. The van der Waals surface area contributed by atoms with E-state index in [9.17, 15) is 4.79 Å². The number of hydrogen-bond acceptors (Lipinski definition) is 4. The standard InChI is InChI=1S/C11H19N3O2/c1-4-13-10(11(15)16-5-2)9(3)14-7-6-12-8-14/h6-10,13H,4-5H2,1-3H3. The highest BCUT2D eigenvalue weighted by Gasteiger charge is 2.26. The van der Waals surface area contributed by atoms with Crippen LogP contribution in [0, 0.1) is 0 Å². The molecule has 0 spiro atoms. The number of rotatable bonds is 6. The second-order valence-corrected chi connectivity index (χ2v) is 3.54. The van der Waals surface area contributed by atoms with Crippen LogP contribution in [0.3, 0.4) is 0 Å². The van der Waals surface area contributed by atoms with E-state index in [2.05, 4.69) is 10.3 Å². The fraction of sp³-hybridized carbons (Fsp3) is 0.636. The summed E-state index contributed by atoms with van der Waals surface area (Å²) in [5.74, 6) is -0.217. The van der Waals surface area contributed by atoms with Gasteiger partial charge in [-0.2, -0.15) is 0 Å². The molecule has 0 aliphatic rings. The third-order valence-corrected chi connectivity index (χ3v) is 2.44. The lowest BCUT2D eigenvalue weighted by Gasteiger charge is -2.23. The van der Waals surface area contributed by atoms with E-state index in [1.54, 1.807) is 12.5 Å². The first kappa shape index (κ1) is 12.7. The predicted octanol–water partition coefficient (Wildman–Crippen LogP) is 0.985. The van der Waals surface area contributed by atoms with Crippen LogP contribution < -0.4 is 5.32 Å². The van der Waals surface area contributed by atoms with Crippen LogP contribution >= 0.6 is 0 Å². The summed E-state index contributed by atoms with van der Waals surface area (Å²) in [6.45, 7) is 6.86. The first-order valence-corrected chi connectivity index (χ1v) is 5.58. The fourth-order valence-corrected chi connectivity index (χ4v) is 1.59. The smallest absolute Gasteiger partial charge is 0.325 e. The van der Waals surface area contributed by atoms with E-state index in [4.69, 9.17) is 4.74 Å². The van der Waals surface area contributed by atoms with Crippen molar-refractivity contribution in [3.8, 4) is 0 Å². The predicted molar refractivity (Wildman–Crippen MR) is 61.0 cm³/mol. The van der Waals surface area contributed by atoms with Gasteiger partial charge in [0, 0.05) is 12.4 Å². The van der Waals surface area contributed by atoms with Crippen LogP contribution in [0.4, 0.5) is 0 Å². The summed E-state index contributed by atoms with van der Waals surface area (Å²) in [5, 5.41) is 3.13. The van der Waals surface area contributed by atoms with Crippen molar-refractivity contribution < 1.29 is 9.53 Å². The molecule has 5 nitrogen and oxygen atoms in total. The Balaban J connectivity index is 2.72. The zero-order chi connectivity index (χ0) is 12.0. The number of hydrogen-bond donors (Lipinski definition) is 1. The largest absolute Gasteiger partial charge is 0.465 e. The van der Waals surface area contributed by atoms with Gasteiger partial charge in [-0.15, -0.1) is 0 Å². The van der Waals surface area contributed by atoms with Crippen molar-refractivity contribution in [1.82, 2.24) is 14.9 Å². The van der Waals surface area contributed by atoms with E-state index in [0.717, 1.165) is 6.54 Å². The summed E-state index contributed by atoms with van der Waals surface area (Å²) >= 11 is 0. The topological polar surface area (TPSA) is 56.1 Å². The first-order valence-electron chi connectivity index (χ1n) is 5.58. The molecule has 0 bridgehead atoms. The maximum Gasteiger partial charge on any atom is 0.325 e. The molecule has 0 aromatic carbocycles. The van der Waals surface area contributed by atoms with E-state index in [1.165, 1.54) is 0 Å². The second-order valence-electron chi connectivity index (χ2n) is 3.54. The molecule has 1 N–H and O–H groups in total. The Kier molecular flexibility index (Phi) is 4.98. The normalized spacial score (nSPS) is 14.4. The highest BCUT2D eigenvalue weighted by atomic mass is 16.5. The van der Waals surface area contributed by atoms with Gasteiger partial charge in [0.25, 0.3) is 0 Å². The van der Waals surface area contributed by atoms with E-state index in [1.807, 2.05) is 31.5 Å². The van der Waals surface area contributed by atoms with Crippen molar-refractivity contribution in [2.45, 2.75) is 32.9 Å². The molecule has 0 saturated carbocycles. The minimum Gasteiger partial charge on any atom is -0.465 e. The summed E-state index contributed by atoms with van der Waals surface area (Å²) < 4.78 is 6.93. The van der Waals surface area contributed by atoms with Gasteiger partial charge in [0.05, 0.1) is 19.0 Å². The molecule has 90 valence electrons. The van der Waals surface area contributed by atoms with Crippen LogP contribution in [0.15, 0.2) is 18.7 Å². The lowest BCUT2D eigenvalue weighted by atomic mass is 10.1. The van der Waals surface area contributed by atoms with Crippen LogP contribution in [-0.2, 0) is 9.53 Å². The molecule has 0 amide bonds. The number of imidazole rings is 1. The molecular weight excluding hydrogens is 206 g/mol. The molecule has 2 atom stereocenters. The highest BCUT2D eigenvalue weighted by Crippen LogP contribution is 2.11. The second kappa shape index (κ2) is 6.27. The first-order chi connectivity index (χ1) is 7.70. The average molecular weight is 225 g/mol. The SMILES string of the molecule is CCNC(C(=O)OCC)C(C)n1ccnc1. The third-order valence-electron chi connectivity index (χ3n) is 2.44. The minimum atomic E-state index is -0.334. The van der Waals surface area contributed by atoms with Crippen LogP contribution in [-0.4, -0.2) is 34.7 Å². The molecule has 16 heavy (non-hydrogen) atoms. The van der Waals surface area contributed by atoms with E-state index >= 15 is 0 Å². The van der Waals surface area contributed by atoms with Crippen molar-refractivity contribution in [2.75, 3.05) is 13.2 Å². The number of aromatic nitrogens is 2. The Hall–Kier alpha value is -1.36. The number of esters is 1. The Labute approximate surface area is 95.8 Å². The van der Waals surface area contributed by atoms with Crippen molar-refractivity contribution in [3.63, 3.8) is 0 Å². The van der Waals surface area contributed by atoms with Crippen LogP contribution in [0.2, 0.25) is 0 Å². The Morgan fingerprint density at radius 3 is 2.81 bits per heavy atom. The lowest BCUT2D eigenvalue weighted by Crippen LogP contribution is -2.43. The quantitative estimate of drug-likeness (QED) is 0.733. The average Bonchev–Trinajstić information content (AvgIpc) is 2.78. The summed E-state index contributed by atoms with van der Waals surface area (Å²) in [4.78, 5) is 15.7. The van der Waals surface area contributed by atoms with Gasteiger partial charge in [0.1, 0.15) is 6.04 Å². The third kappa shape index (κ3) is 3.06. The zero-order valence-corrected chi connectivity index (χ0v) is 10.0. The van der Waals surface area contributed by atoms with E-state index < -0.39 is 0 Å². The highest BCUT2D eigenvalue weighted by molar-refractivity contribution is 5.76. The number of nitrogens with zero attached hydrogens (tertiary/aromatic N) is 2. The number of carbonyl (C=O) groups excluding carboxylic acids is 1. The van der Waals surface area contributed by atoms with Crippen molar-refractivity contribution in [3.05, 3.63) is 18.7 Å². The molecule has 0 fully saturated rings. The molecule has 1 heterocycles. The maximum absolute atomic E-state index is 11.8. The van der Waals surface area contributed by atoms with Gasteiger partial charge in [0.15, 0.2) is 0 Å². The zero-order valence-electron chi connectivity index (χ0n) is 10.0. The van der Waals surface area contributed by atoms with Gasteiger partial charge < -0.3 is 14.6 Å². The monoisotopic (exact) mass is 225 g/mol. The molecule has 1 aromatic rings. The Morgan fingerprint density at radius 2 is 2.31 bits per heavy atom. The molecule has 2 unspecified atom stereocenters. The van der Waals surface area contributed by atoms with Crippen molar-refractivity contribution in [2.24, 2.45) is 0 Å². The van der Waals surface area contributed by atoms with Crippen LogP contribution in [0.5, 0.6) is 0 Å². The molecule has 0 aliphatic carbocycles. The summed E-state index contributed by atoms with van der Waals surface area (Å²) in [6, 6.07) is -0.347. The van der Waals surface area contributed by atoms with Gasteiger partial charge in [-0.25, -0.2) is 4.98 Å². The number of carbonyl (C=O) groups is 1. The van der Waals surface area contributed by atoms with Gasteiger partial charge in [-0.05, 0) is 20.4 Å². The molecule has 0 saturated heterocycles. The van der Waals surface area contributed by atoms with Crippen molar-refractivity contribution in [1.29, 1.82) is 0 Å². The van der Waals surface area contributed by atoms with Gasteiger partial charge in [0.2, 0.25) is 0 Å². The summed E-state index contributed by atoms with van der Waals surface area (Å²) in [7, 11) is 0. The lowest BCUT2D eigenvalue weighted by molar-refractivity contribution is -0.146. The Bertz CT molecular complexity index is 311. The number of ether oxygens (including phenoxy) is 1. The van der Waals surface area contributed by atoms with Crippen LogP contribution in [0.1, 0.15) is 26.8 Å². The molecule has 0 aliphatic heterocycles. The molecule has 5 heteroatoms. The van der Waals surface area contributed by atoms with Gasteiger partial charge in [-0.1, -0.05) is 6.92 Å². The van der Waals surface area contributed by atoms with Gasteiger partial charge in [-0.3, -0.25) is 4.79 Å². The summed E-state index contributed by atoms with van der Waals surface area (Å²) in [5.41, 5.74) is 0. The molecule has 0 radical (unpaired) electrons. The fourth-order valence-electron chi connectivity index (χ4n) is 1.59. The molecule has 1 aromatic heterocycles. The van der Waals surface area contributed by atoms with E-state index in [0.29, 0.717) is 6.61 Å². The molecular formula is C11H19N3O2. The maximum atomic E-state index is 11.8. The minimum absolute atomic E-state index is 0.0125. The Morgan fingerprint density at radius 1 is 1.56 bits per heavy atom. The van der Waals surface area contributed by atoms with Crippen LogP contribution in [0.25, 0.3) is 0 Å². The molecule has 1 rings (SSSR count). The van der Waals surface area contributed by atoms with Gasteiger partial charge >= 0.3 is 5.97 Å². The summed E-state index contributed by atoms with van der Waals surface area (Å²) in [6.07, 6.45) is 5.24.